The Morgan fingerprint density at radius 1 is 1.50 bits per heavy atom. The van der Waals surface area contributed by atoms with Gasteiger partial charge in [-0.25, -0.2) is 0 Å². The number of rotatable bonds is 1. The molecule has 0 heterocycles. The molecule has 0 aromatic carbocycles. The third-order valence-electron chi connectivity index (χ3n) is 1.54. The molecule has 0 bridgehead atoms. The molecular formula is C8H11. The van der Waals surface area contributed by atoms with Gasteiger partial charge in [0.05, 0.1) is 0 Å². The summed E-state index contributed by atoms with van der Waals surface area (Å²) >= 11 is 0. The highest BCUT2D eigenvalue weighted by Crippen LogP contribution is 2.16. The lowest BCUT2D eigenvalue weighted by molar-refractivity contribution is 0.712. The Kier molecular flexibility index (Phi) is 1.90. The van der Waals surface area contributed by atoms with Crippen LogP contribution in [-0.4, -0.2) is 0 Å². The van der Waals surface area contributed by atoms with E-state index < -0.39 is 0 Å². The average molecular weight is 107 g/mol. The zero-order chi connectivity index (χ0) is 5.82. The fourth-order valence-corrected chi connectivity index (χ4v) is 1.01. The summed E-state index contributed by atoms with van der Waals surface area (Å²) in [6.45, 7) is 5.31. The van der Waals surface area contributed by atoms with Crippen LogP contribution in [0.5, 0.6) is 0 Å². The van der Waals surface area contributed by atoms with E-state index in [1.54, 1.807) is 6.08 Å². The molecule has 0 amide bonds. The molecule has 0 unspecified atom stereocenters. The van der Waals surface area contributed by atoms with Crippen LogP contribution in [0.25, 0.3) is 0 Å². The Labute approximate surface area is 50.9 Å². The first-order valence-electron chi connectivity index (χ1n) is 3.17. The molecule has 0 saturated heterocycles. The normalized spacial score (nSPS) is 19.8. The topological polar surface area (TPSA) is 0 Å². The van der Waals surface area contributed by atoms with Gasteiger partial charge >= 0.3 is 0 Å². The predicted octanol–water partition coefficient (Wildman–Crippen LogP) is 2.48. The molecule has 0 N–H and O–H groups in total. The van der Waals surface area contributed by atoms with E-state index in [2.05, 4.69) is 6.08 Å². The SMILES string of the molecule is [CH]=CC1=CCCCC1. The van der Waals surface area contributed by atoms with Gasteiger partial charge in [0.1, 0.15) is 0 Å². The first-order chi connectivity index (χ1) is 3.93. The Hall–Kier alpha value is -0.520. The summed E-state index contributed by atoms with van der Waals surface area (Å²) in [5.41, 5.74) is 1.33. The highest BCUT2D eigenvalue weighted by Gasteiger charge is 1.97. The molecule has 0 atom stereocenters. The number of hydrogen-bond donors (Lipinski definition) is 0. The van der Waals surface area contributed by atoms with Gasteiger partial charge in [-0.3, -0.25) is 0 Å². The predicted molar refractivity (Wildman–Crippen MR) is 35.4 cm³/mol. The molecule has 8 heavy (non-hydrogen) atoms. The second kappa shape index (κ2) is 2.71. The molecule has 1 aliphatic rings. The number of hydrogen-bond acceptors (Lipinski definition) is 0. The van der Waals surface area contributed by atoms with Crippen LogP contribution in [0.1, 0.15) is 25.7 Å². The van der Waals surface area contributed by atoms with E-state index in [1.807, 2.05) is 0 Å². The fraction of sp³-hybridized carbons (Fsp3) is 0.500. The molecule has 1 aliphatic carbocycles. The van der Waals surface area contributed by atoms with Crippen molar-refractivity contribution in [2.24, 2.45) is 0 Å². The van der Waals surface area contributed by atoms with Crippen molar-refractivity contribution in [3.63, 3.8) is 0 Å². The van der Waals surface area contributed by atoms with Gasteiger partial charge in [0, 0.05) is 0 Å². The highest BCUT2D eigenvalue weighted by atomic mass is 14.0. The summed E-state index contributed by atoms with van der Waals surface area (Å²) in [6, 6.07) is 0. The van der Waals surface area contributed by atoms with Crippen molar-refractivity contribution in [2.45, 2.75) is 25.7 Å². The summed E-state index contributed by atoms with van der Waals surface area (Å²) in [4.78, 5) is 0. The van der Waals surface area contributed by atoms with Gasteiger partial charge in [0.25, 0.3) is 0 Å². The van der Waals surface area contributed by atoms with Crippen molar-refractivity contribution < 1.29 is 0 Å². The van der Waals surface area contributed by atoms with Crippen LogP contribution in [0.3, 0.4) is 0 Å². The van der Waals surface area contributed by atoms with Crippen molar-refractivity contribution >= 4 is 0 Å². The maximum atomic E-state index is 5.31. The van der Waals surface area contributed by atoms with Crippen LogP contribution in [0, 0.1) is 6.58 Å². The molecule has 0 spiro atoms. The quantitative estimate of drug-likeness (QED) is 0.483. The van der Waals surface area contributed by atoms with Gasteiger partial charge < -0.3 is 0 Å². The summed E-state index contributed by atoms with van der Waals surface area (Å²) < 4.78 is 0. The summed E-state index contributed by atoms with van der Waals surface area (Å²) in [5, 5.41) is 0. The number of allylic oxidation sites excluding steroid dienone is 3. The second-order valence-electron chi connectivity index (χ2n) is 2.19. The van der Waals surface area contributed by atoms with Crippen molar-refractivity contribution in [2.75, 3.05) is 0 Å². The van der Waals surface area contributed by atoms with Gasteiger partial charge in [0.15, 0.2) is 0 Å². The van der Waals surface area contributed by atoms with E-state index in [4.69, 9.17) is 6.58 Å². The first-order valence-corrected chi connectivity index (χ1v) is 3.17. The highest BCUT2D eigenvalue weighted by molar-refractivity contribution is 5.16. The minimum absolute atomic E-state index is 1.19. The van der Waals surface area contributed by atoms with Gasteiger partial charge in [-0.05, 0) is 25.7 Å². The third kappa shape index (κ3) is 1.22. The van der Waals surface area contributed by atoms with Gasteiger partial charge in [-0.2, -0.15) is 0 Å². The summed E-state index contributed by atoms with van der Waals surface area (Å²) in [6.07, 6.45) is 9.03. The van der Waals surface area contributed by atoms with E-state index in [1.165, 1.54) is 31.3 Å². The summed E-state index contributed by atoms with van der Waals surface area (Å²) in [7, 11) is 0. The Balaban J connectivity index is 2.49. The van der Waals surface area contributed by atoms with Crippen molar-refractivity contribution in [3.05, 3.63) is 24.3 Å². The maximum absolute atomic E-state index is 5.31. The molecule has 1 radical (unpaired) electrons. The van der Waals surface area contributed by atoms with E-state index in [-0.39, 0.29) is 0 Å². The van der Waals surface area contributed by atoms with Crippen molar-refractivity contribution in [3.8, 4) is 0 Å². The van der Waals surface area contributed by atoms with Crippen molar-refractivity contribution in [1.29, 1.82) is 0 Å². The molecule has 0 aromatic rings. The van der Waals surface area contributed by atoms with Crippen LogP contribution < -0.4 is 0 Å². The largest absolute Gasteiger partial charge is 0.0813 e. The van der Waals surface area contributed by atoms with Crippen LogP contribution >= 0.6 is 0 Å². The molecule has 0 heteroatoms. The Morgan fingerprint density at radius 2 is 2.38 bits per heavy atom. The lowest BCUT2D eigenvalue weighted by Crippen LogP contribution is -1.86. The van der Waals surface area contributed by atoms with Crippen LogP contribution in [0.15, 0.2) is 17.7 Å². The van der Waals surface area contributed by atoms with Gasteiger partial charge in [-0.1, -0.05) is 24.3 Å². The Bertz CT molecular complexity index is 109. The maximum Gasteiger partial charge on any atom is -0.0282 e. The minimum Gasteiger partial charge on any atom is -0.0813 e. The van der Waals surface area contributed by atoms with Crippen LogP contribution in [-0.2, 0) is 0 Å². The molecule has 0 saturated carbocycles. The molecule has 43 valence electrons. The Morgan fingerprint density at radius 3 is 2.75 bits per heavy atom. The van der Waals surface area contributed by atoms with Crippen LogP contribution in [0.4, 0.5) is 0 Å². The average Bonchev–Trinajstić information content (AvgIpc) is 1.90. The lowest BCUT2D eigenvalue weighted by atomic mass is 10.0. The van der Waals surface area contributed by atoms with Crippen molar-refractivity contribution in [1.82, 2.24) is 0 Å². The van der Waals surface area contributed by atoms with Gasteiger partial charge in [-0.15, -0.1) is 0 Å². The van der Waals surface area contributed by atoms with E-state index in [9.17, 15) is 0 Å². The zero-order valence-electron chi connectivity index (χ0n) is 5.06. The molecule has 0 fully saturated rings. The standard InChI is InChI=1S/C8H11/c1-2-8-6-4-3-5-7-8/h1-2,6H,3-5,7H2. The first kappa shape index (κ1) is 5.61. The molecule has 1 rings (SSSR count). The van der Waals surface area contributed by atoms with E-state index >= 15 is 0 Å². The lowest BCUT2D eigenvalue weighted by Gasteiger charge is -2.06. The molecule has 0 aromatic heterocycles. The fourth-order valence-electron chi connectivity index (χ4n) is 1.01. The minimum atomic E-state index is 1.19. The second-order valence-corrected chi connectivity index (χ2v) is 2.19. The third-order valence-corrected chi connectivity index (χ3v) is 1.54. The van der Waals surface area contributed by atoms with E-state index in [0.717, 1.165) is 0 Å². The smallest absolute Gasteiger partial charge is 0.0282 e. The van der Waals surface area contributed by atoms with Gasteiger partial charge in [0.2, 0.25) is 0 Å². The molecular weight excluding hydrogens is 96.1 g/mol. The van der Waals surface area contributed by atoms with E-state index in [0.29, 0.717) is 0 Å². The monoisotopic (exact) mass is 107 g/mol. The molecule has 0 aliphatic heterocycles. The summed E-state index contributed by atoms with van der Waals surface area (Å²) in [5.74, 6) is 0. The molecule has 0 nitrogen and oxygen atoms in total. The zero-order valence-corrected chi connectivity index (χ0v) is 5.06. The van der Waals surface area contributed by atoms with Crippen LogP contribution in [0.2, 0.25) is 0 Å².